The van der Waals surface area contributed by atoms with Gasteiger partial charge in [0.15, 0.2) is 0 Å². The molecular weight excluding hydrogens is 396 g/mol. The number of hydroxylamine groups is 1. The predicted octanol–water partition coefficient (Wildman–Crippen LogP) is 3.34. The molecule has 0 heterocycles. The summed E-state index contributed by atoms with van der Waals surface area (Å²) in [7, 11) is 0. The number of nitrogens with one attached hydrogen (secondary N) is 1. The summed E-state index contributed by atoms with van der Waals surface area (Å²) >= 11 is 0.935. The van der Waals surface area contributed by atoms with Crippen molar-refractivity contribution in [3.63, 3.8) is 0 Å². The highest BCUT2D eigenvalue weighted by molar-refractivity contribution is 9.10. The van der Waals surface area contributed by atoms with Crippen LogP contribution in [0.5, 0.6) is 0 Å². The van der Waals surface area contributed by atoms with E-state index < -0.39 is 22.7 Å². The van der Waals surface area contributed by atoms with Crippen molar-refractivity contribution in [1.29, 1.82) is 0 Å². The highest BCUT2D eigenvalue weighted by atomic mass is 79.9. The first-order valence-electron chi connectivity index (χ1n) is 6.99. The molecule has 1 atom stereocenters. The summed E-state index contributed by atoms with van der Waals surface area (Å²) in [6.07, 6.45) is 0. The zero-order valence-corrected chi connectivity index (χ0v) is 15.5. The van der Waals surface area contributed by atoms with Crippen LogP contribution in [0.1, 0.15) is 13.8 Å². The Labute approximate surface area is 151 Å². The monoisotopic (exact) mass is 412 g/mol. The molecule has 0 fully saturated rings. The van der Waals surface area contributed by atoms with E-state index in [4.69, 9.17) is 5.21 Å². The first kappa shape index (κ1) is 18.6. The molecule has 0 aromatic heterocycles. The number of benzene rings is 2. The molecule has 1 unspecified atom stereocenters. The Hall–Kier alpha value is -1.74. The fourth-order valence-corrected chi connectivity index (χ4v) is 3.31. The van der Waals surface area contributed by atoms with E-state index in [-0.39, 0.29) is 0 Å². The number of halogens is 1. The van der Waals surface area contributed by atoms with Crippen molar-refractivity contribution in [1.82, 2.24) is 5.48 Å². The lowest BCUT2D eigenvalue weighted by molar-refractivity contribution is -0.133. The second kappa shape index (κ2) is 7.43. The van der Waals surface area contributed by atoms with Crippen LogP contribution in [0, 0.1) is 0 Å². The minimum atomic E-state index is -2.44. The summed E-state index contributed by atoms with van der Waals surface area (Å²) in [6, 6.07) is 14.6. The third-order valence-corrected chi connectivity index (χ3v) is 5.11. The van der Waals surface area contributed by atoms with Gasteiger partial charge in [-0.15, -0.1) is 0 Å². The van der Waals surface area contributed by atoms with E-state index >= 15 is 0 Å². The van der Waals surface area contributed by atoms with E-state index in [2.05, 4.69) is 15.9 Å². The van der Waals surface area contributed by atoms with Crippen LogP contribution in [0.25, 0.3) is 11.1 Å². The Morgan fingerprint density at radius 2 is 1.54 bits per heavy atom. The van der Waals surface area contributed by atoms with Gasteiger partial charge in [-0.05, 0) is 49.2 Å². The topological polar surface area (TPSA) is 89.9 Å². The molecule has 8 heteroatoms. The number of nitrogens with zero attached hydrogens (tertiary/aromatic N) is 1. The molecule has 0 bridgehead atoms. The maximum atomic E-state index is 11.8. The molecule has 0 radical (unpaired) electrons. The Balaban J connectivity index is 2.38. The van der Waals surface area contributed by atoms with Crippen LogP contribution in [-0.4, -0.2) is 25.4 Å². The van der Waals surface area contributed by atoms with E-state index in [0.29, 0.717) is 5.69 Å². The second-order valence-electron chi connectivity index (χ2n) is 5.58. The van der Waals surface area contributed by atoms with Crippen LogP contribution >= 0.6 is 15.9 Å². The van der Waals surface area contributed by atoms with E-state index in [1.807, 2.05) is 24.3 Å². The number of carbonyl (C=O) groups excluding carboxylic acids is 1. The Morgan fingerprint density at radius 1 is 1.08 bits per heavy atom. The van der Waals surface area contributed by atoms with Crippen molar-refractivity contribution in [2.75, 3.05) is 4.31 Å². The van der Waals surface area contributed by atoms with Crippen LogP contribution in [-0.2, 0) is 16.1 Å². The average Bonchev–Trinajstić information content (AvgIpc) is 2.55. The number of rotatable bonds is 5. The van der Waals surface area contributed by atoms with Crippen LogP contribution in [0.2, 0.25) is 0 Å². The highest BCUT2D eigenvalue weighted by Crippen LogP contribution is 2.29. The lowest BCUT2D eigenvalue weighted by atomic mass is 10.0. The van der Waals surface area contributed by atoms with Crippen molar-refractivity contribution in [3.05, 3.63) is 53.0 Å². The van der Waals surface area contributed by atoms with Gasteiger partial charge in [0.1, 0.15) is 5.54 Å². The van der Waals surface area contributed by atoms with Gasteiger partial charge < -0.3 is 0 Å². The molecule has 0 saturated heterocycles. The van der Waals surface area contributed by atoms with Crippen LogP contribution in [0.3, 0.4) is 0 Å². The lowest BCUT2D eigenvalue weighted by Crippen LogP contribution is -2.55. The van der Waals surface area contributed by atoms with Gasteiger partial charge in [0, 0.05) is 4.47 Å². The molecule has 0 aliphatic heterocycles. The molecule has 0 saturated carbocycles. The molecule has 0 spiro atoms. The van der Waals surface area contributed by atoms with Gasteiger partial charge in [0.25, 0.3) is 17.2 Å². The molecular formula is C16H17BrN2O4S. The smallest absolute Gasteiger partial charge is 0.269 e. The fraction of sp³-hybridized carbons (Fsp3) is 0.188. The molecule has 24 heavy (non-hydrogen) atoms. The Bertz CT molecular complexity index is 748. The van der Waals surface area contributed by atoms with Gasteiger partial charge in [0.05, 0.1) is 5.69 Å². The van der Waals surface area contributed by atoms with Crippen LogP contribution in [0.4, 0.5) is 5.69 Å². The Morgan fingerprint density at radius 3 is 1.96 bits per heavy atom. The fourth-order valence-electron chi connectivity index (χ4n) is 2.27. The van der Waals surface area contributed by atoms with Crippen molar-refractivity contribution in [3.8, 4) is 11.1 Å². The molecule has 0 aliphatic rings. The van der Waals surface area contributed by atoms with Crippen LogP contribution < -0.4 is 9.79 Å². The molecule has 3 N–H and O–H groups in total. The first-order chi connectivity index (χ1) is 11.3. The zero-order valence-electron chi connectivity index (χ0n) is 13.1. The third-order valence-electron chi connectivity index (χ3n) is 3.60. The summed E-state index contributed by atoms with van der Waals surface area (Å²) < 4.78 is 23.3. The van der Waals surface area contributed by atoms with Gasteiger partial charge in [-0.3, -0.25) is 18.9 Å². The van der Waals surface area contributed by atoms with Crippen molar-refractivity contribution in [2.45, 2.75) is 19.4 Å². The maximum absolute atomic E-state index is 11.8. The zero-order chi connectivity index (χ0) is 17.9. The highest BCUT2D eigenvalue weighted by Gasteiger charge is 2.38. The minimum absolute atomic E-state index is 0.380. The second-order valence-corrected chi connectivity index (χ2v) is 7.32. The average molecular weight is 413 g/mol. The Kier molecular flexibility index (Phi) is 5.76. The molecule has 2 rings (SSSR count). The van der Waals surface area contributed by atoms with Gasteiger partial charge >= 0.3 is 0 Å². The van der Waals surface area contributed by atoms with Crippen molar-refractivity contribution >= 4 is 38.8 Å². The predicted molar refractivity (Wildman–Crippen MR) is 96.8 cm³/mol. The van der Waals surface area contributed by atoms with E-state index in [1.54, 1.807) is 24.3 Å². The quantitative estimate of drug-likeness (QED) is 0.399. The van der Waals surface area contributed by atoms with Gasteiger partial charge in [-0.2, -0.15) is 0 Å². The summed E-state index contributed by atoms with van der Waals surface area (Å²) in [5.41, 5.74) is 2.40. The number of amides is 1. The molecule has 1 amide bonds. The maximum Gasteiger partial charge on any atom is 0.269 e. The van der Waals surface area contributed by atoms with Gasteiger partial charge in [-0.1, -0.05) is 40.2 Å². The van der Waals surface area contributed by atoms with E-state index in [1.165, 1.54) is 19.3 Å². The van der Waals surface area contributed by atoms with Crippen molar-refractivity contribution in [2.24, 2.45) is 0 Å². The number of anilines is 1. The van der Waals surface area contributed by atoms with Crippen molar-refractivity contribution < 1.29 is 18.8 Å². The summed E-state index contributed by atoms with van der Waals surface area (Å²) in [6.45, 7) is 2.88. The number of carbonyl (C=O) groups is 1. The van der Waals surface area contributed by atoms with Gasteiger partial charge in [-0.25, -0.2) is 9.69 Å². The number of hydrogen-bond donors (Lipinski definition) is 3. The molecule has 2 aromatic carbocycles. The molecule has 6 nitrogen and oxygen atoms in total. The summed E-state index contributed by atoms with van der Waals surface area (Å²) in [5, 5.41) is 8.85. The van der Waals surface area contributed by atoms with E-state index in [9.17, 15) is 13.6 Å². The normalized spacial score (nSPS) is 12.5. The molecule has 128 valence electrons. The largest absolute Gasteiger partial charge is 0.289 e. The van der Waals surface area contributed by atoms with Crippen LogP contribution in [0.15, 0.2) is 53.0 Å². The minimum Gasteiger partial charge on any atom is -0.289 e. The molecule has 0 aliphatic carbocycles. The number of hydrogen-bond acceptors (Lipinski definition) is 3. The van der Waals surface area contributed by atoms with Gasteiger partial charge in [0.2, 0.25) is 0 Å². The standard InChI is InChI=1S/C16H17BrN2O4S/c1-16(2,15(20)18-21)19(24(22)23)14-9-5-12(6-10-14)11-3-7-13(17)8-4-11/h3-10,21H,1-2H3,(H,18,20)(H,22,23). The summed E-state index contributed by atoms with van der Waals surface area (Å²) in [4.78, 5) is 11.8. The SMILES string of the molecule is CC(C)(C(=O)NO)N(c1ccc(-c2ccc(Br)cc2)cc1)S(=O)O. The molecule has 2 aromatic rings. The van der Waals surface area contributed by atoms with E-state index in [0.717, 1.165) is 19.9 Å². The third kappa shape index (κ3) is 3.84. The first-order valence-corrected chi connectivity index (χ1v) is 8.85. The summed E-state index contributed by atoms with van der Waals surface area (Å²) in [5.74, 6) is -0.790. The lowest BCUT2D eigenvalue weighted by Gasteiger charge is -2.34.